The number of carbonyl (C=O) groups is 1. The first-order valence-electron chi connectivity index (χ1n) is 6.62. The van der Waals surface area contributed by atoms with Gasteiger partial charge in [-0.3, -0.25) is 4.79 Å². The Morgan fingerprint density at radius 1 is 1.24 bits per heavy atom. The van der Waals surface area contributed by atoms with E-state index in [2.05, 4.69) is 36.3 Å². The first kappa shape index (κ1) is 15.9. The summed E-state index contributed by atoms with van der Waals surface area (Å²) in [6.45, 7) is 6.03. The lowest BCUT2D eigenvalue weighted by atomic mass is 10.1. The zero-order valence-electron chi connectivity index (χ0n) is 12.2. The third kappa shape index (κ3) is 4.48. The minimum absolute atomic E-state index is 0.0759. The Morgan fingerprint density at radius 2 is 2.00 bits per heavy atom. The van der Waals surface area contributed by atoms with Crippen LogP contribution in [0.15, 0.2) is 41.4 Å². The molecule has 5 heteroatoms. The second kappa shape index (κ2) is 6.96. The van der Waals surface area contributed by atoms with E-state index in [-0.39, 0.29) is 11.2 Å². The monoisotopic (exact) mass is 320 g/mol. The van der Waals surface area contributed by atoms with Crippen molar-refractivity contribution in [1.29, 1.82) is 0 Å². The van der Waals surface area contributed by atoms with Crippen LogP contribution in [0.5, 0.6) is 0 Å². The highest BCUT2D eigenvalue weighted by Gasteiger charge is 2.15. The summed E-state index contributed by atoms with van der Waals surface area (Å²) in [5, 5.41) is 3.13. The van der Waals surface area contributed by atoms with Crippen LogP contribution in [0, 0.1) is 13.8 Å². The zero-order valence-corrected chi connectivity index (χ0v) is 13.8. The van der Waals surface area contributed by atoms with Crippen molar-refractivity contribution in [3.8, 4) is 0 Å². The summed E-state index contributed by atoms with van der Waals surface area (Å²) in [4.78, 5) is 17.3. The number of pyridine rings is 1. The molecule has 3 nitrogen and oxygen atoms in total. The Hall–Kier alpha value is -1.52. The number of amides is 1. The number of aryl methyl sites for hydroxylation is 2. The summed E-state index contributed by atoms with van der Waals surface area (Å²) in [6.07, 6.45) is 1.51. The fourth-order valence-corrected chi connectivity index (χ4v) is 2.80. The number of rotatable bonds is 4. The van der Waals surface area contributed by atoms with Gasteiger partial charge in [-0.1, -0.05) is 17.7 Å². The molecule has 0 aliphatic rings. The van der Waals surface area contributed by atoms with E-state index < -0.39 is 0 Å². The number of carbonyl (C=O) groups excluding carboxylic acids is 1. The van der Waals surface area contributed by atoms with Crippen molar-refractivity contribution < 1.29 is 4.79 Å². The molecule has 0 aliphatic carbocycles. The van der Waals surface area contributed by atoms with Gasteiger partial charge in [-0.2, -0.15) is 0 Å². The van der Waals surface area contributed by atoms with Crippen LogP contribution in [0.2, 0.25) is 5.02 Å². The maximum absolute atomic E-state index is 12.1. The number of benzene rings is 1. The summed E-state index contributed by atoms with van der Waals surface area (Å²) in [6, 6.07) is 9.60. The topological polar surface area (TPSA) is 42.0 Å². The standard InChI is InChI=1S/C16H17ClN2OS/c1-10-4-6-14(8-11(10)2)21-12(3)16(20)19-15-7-5-13(17)9-18-15/h4-9,12H,1-3H3,(H,18,19,20). The molecule has 1 aromatic carbocycles. The molecule has 0 spiro atoms. The molecule has 0 saturated carbocycles. The first-order chi connectivity index (χ1) is 9.95. The lowest BCUT2D eigenvalue weighted by molar-refractivity contribution is -0.115. The molecule has 110 valence electrons. The van der Waals surface area contributed by atoms with Crippen LogP contribution in [-0.2, 0) is 4.79 Å². The highest BCUT2D eigenvalue weighted by molar-refractivity contribution is 8.00. The molecule has 0 radical (unpaired) electrons. The number of thioether (sulfide) groups is 1. The van der Waals surface area contributed by atoms with E-state index in [1.54, 1.807) is 12.1 Å². The van der Waals surface area contributed by atoms with Crippen molar-refractivity contribution in [2.45, 2.75) is 30.9 Å². The van der Waals surface area contributed by atoms with Gasteiger partial charge in [0.1, 0.15) is 5.82 Å². The minimum Gasteiger partial charge on any atom is -0.310 e. The predicted molar refractivity (Wildman–Crippen MR) is 89.1 cm³/mol. The number of nitrogens with zero attached hydrogens (tertiary/aromatic N) is 1. The molecule has 1 aromatic heterocycles. The molecule has 1 heterocycles. The maximum Gasteiger partial charge on any atom is 0.238 e. The van der Waals surface area contributed by atoms with Crippen molar-refractivity contribution in [3.63, 3.8) is 0 Å². The van der Waals surface area contributed by atoms with Gasteiger partial charge in [-0.05, 0) is 56.2 Å². The zero-order chi connectivity index (χ0) is 15.4. The van der Waals surface area contributed by atoms with E-state index in [0.29, 0.717) is 10.8 Å². The summed E-state index contributed by atoms with van der Waals surface area (Å²) in [5.74, 6) is 0.435. The van der Waals surface area contributed by atoms with E-state index in [1.165, 1.54) is 29.1 Å². The lowest BCUT2D eigenvalue weighted by Gasteiger charge is -2.12. The molecule has 2 aromatic rings. The molecular formula is C16H17ClN2OS. The van der Waals surface area contributed by atoms with Crippen LogP contribution in [0.25, 0.3) is 0 Å². The molecule has 2 rings (SSSR count). The van der Waals surface area contributed by atoms with Gasteiger partial charge in [0.25, 0.3) is 0 Å². The van der Waals surface area contributed by atoms with Crippen LogP contribution in [-0.4, -0.2) is 16.1 Å². The molecular weight excluding hydrogens is 304 g/mol. The van der Waals surface area contributed by atoms with Crippen molar-refractivity contribution in [2.24, 2.45) is 0 Å². The Kier molecular flexibility index (Phi) is 5.26. The van der Waals surface area contributed by atoms with Gasteiger partial charge < -0.3 is 5.32 Å². The Morgan fingerprint density at radius 3 is 2.62 bits per heavy atom. The summed E-state index contributed by atoms with van der Waals surface area (Å²) in [7, 11) is 0. The highest BCUT2D eigenvalue weighted by Crippen LogP contribution is 2.26. The number of nitrogens with one attached hydrogen (secondary N) is 1. The Bertz CT molecular complexity index is 643. The fourth-order valence-electron chi connectivity index (χ4n) is 1.72. The highest BCUT2D eigenvalue weighted by atomic mass is 35.5. The largest absolute Gasteiger partial charge is 0.310 e. The van der Waals surface area contributed by atoms with Crippen molar-refractivity contribution in [1.82, 2.24) is 4.98 Å². The SMILES string of the molecule is Cc1ccc(SC(C)C(=O)Nc2ccc(Cl)cn2)cc1C. The Balaban J connectivity index is 1.98. The van der Waals surface area contributed by atoms with Crippen molar-refractivity contribution in [2.75, 3.05) is 5.32 Å². The van der Waals surface area contributed by atoms with Gasteiger partial charge >= 0.3 is 0 Å². The van der Waals surface area contributed by atoms with Crippen LogP contribution < -0.4 is 5.32 Å². The second-order valence-corrected chi connectivity index (χ2v) is 6.71. The van der Waals surface area contributed by atoms with E-state index in [1.807, 2.05) is 13.0 Å². The number of halogens is 1. The molecule has 1 N–H and O–H groups in total. The van der Waals surface area contributed by atoms with Gasteiger partial charge in [0, 0.05) is 11.1 Å². The molecule has 1 unspecified atom stereocenters. The van der Waals surface area contributed by atoms with Gasteiger partial charge in [0.05, 0.1) is 10.3 Å². The Labute approximate surface area is 134 Å². The lowest BCUT2D eigenvalue weighted by Crippen LogP contribution is -2.22. The van der Waals surface area contributed by atoms with Crippen LogP contribution in [0.4, 0.5) is 5.82 Å². The maximum atomic E-state index is 12.1. The average Bonchev–Trinajstić information content (AvgIpc) is 2.45. The van der Waals surface area contributed by atoms with Gasteiger partial charge in [0.2, 0.25) is 5.91 Å². The third-order valence-electron chi connectivity index (χ3n) is 3.14. The molecule has 0 saturated heterocycles. The normalized spacial score (nSPS) is 12.0. The molecule has 0 bridgehead atoms. The quantitative estimate of drug-likeness (QED) is 0.845. The van der Waals surface area contributed by atoms with Crippen molar-refractivity contribution in [3.05, 3.63) is 52.7 Å². The summed E-state index contributed by atoms with van der Waals surface area (Å²) >= 11 is 7.30. The number of hydrogen-bond donors (Lipinski definition) is 1. The molecule has 0 aliphatic heterocycles. The average molecular weight is 321 g/mol. The summed E-state index contributed by atoms with van der Waals surface area (Å²) < 4.78 is 0. The molecule has 1 atom stereocenters. The fraction of sp³-hybridized carbons (Fsp3) is 0.250. The van der Waals surface area contributed by atoms with E-state index >= 15 is 0 Å². The number of anilines is 1. The predicted octanol–water partition coefficient (Wildman–Crippen LogP) is 4.47. The second-order valence-electron chi connectivity index (χ2n) is 4.86. The smallest absolute Gasteiger partial charge is 0.238 e. The van der Waals surface area contributed by atoms with E-state index in [9.17, 15) is 4.79 Å². The van der Waals surface area contributed by atoms with Gasteiger partial charge in [-0.15, -0.1) is 11.8 Å². The van der Waals surface area contributed by atoms with Gasteiger partial charge in [0.15, 0.2) is 0 Å². The van der Waals surface area contributed by atoms with Crippen LogP contribution >= 0.6 is 23.4 Å². The van der Waals surface area contributed by atoms with E-state index in [0.717, 1.165) is 4.90 Å². The van der Waals surface area contributed by atoms with E-state index in [4.69, 9.17) is 11.6 Å². The number of hydrogen-bond acceptors (Lipinski definition) is 3. The summed E-state index contributed by atoms with van der Waals surface area (Å²) in [5.41, 5.74) is 2.48. The van der Waals surface area contributed by atoms with Crippen molar-refractivity contribution >= 4 is 35.1 Å². The molecule has 1 amide bonds. The van der Waals surface area contributed by atoms with Crippen LogP contribution in [0.1, 0.15) is 18.1 Å². The van der Waals surface area contributed by atoms with Crippen LogP contribution in [0.3, 0.4) is 0 Å². The molecule has 21 heavy (non-hydrogen) atoms. The first-order valence-corrected chi connectivity index (χ1v) is 7.88. The molecule has 0 fully saturated rings. The number of aromatic nitrogens is 1. The third-order valence-corrected chi connectivity index (χ3v) is 4.46. The van der Waals surface area contributed by atoms with Gasteiger partial charge in [-0.25, -0.2) is 4.98 Å². The minimum atomic E-state index is -0.204.